The smallest absolute Gasteiger partial charge is 0.223 e. The van der Waals surface area contributed by atoms with Crippen LogP contribution in [0.25, 0.3) is 11.0 Å². The van der Waals surface area contributed by atoms with E-state index in [-0.39, 0.29) is 11.8 Å². The Labute approximate surface area is 185 Å². The lowest BCUT2D eigenvalue weighted by Gasteiger charge is -2.13. The Morgan fingerprint density at radius 2 is 1.81 bits per heavy atom. The molecule has 0 spiro atoms. The van der Waals surface area contributed by atoms with E-state index in [4.69, 9.17) is 9.72 Å². The molecule has 0 fully saturated rings. The average Bonchev–Trinajstić information content (AvgIpc) is 3.13. The van der Waals surface area contributed by atoms with Gasteiger partial charge in [0.25, 0.3) is 0 Å². The van der Waals surface area contributed by atoms with E-state index >= 15 is 0 Å². The first-order chi connectivity index (χ1) is 15.1. The summed E-state index contributed by atoms with van der Waals surface area (Å²) in [5.41, 5.74) is 3.34. The zero-order chi connectivity index (χ0) is 22.1. The average molecular weight is 422 g/mol. The van der Waals surface area contributed by atoms with Crippen LogP contribution in [-0.4, -0.2) is 28.6 Å². The molecule has 5 nitrogen and oxygen atoms in total. The second-order valence-electron chi connectivity index (χ2n) is 8.04. The van der Waals surface area contributed by atoms with Crippen LogP contribution in [0.1, 0.15) is 50.9 Å². The third kappa shape index (κ3) is 6.09. The van der Waals surface area contributed by atoms with Gasteiger partial charge in [-0.05, 0) is 56.4 Å². The SMILES string of the molecule is CCC(CC)C(=O)NCCc1nc2ccccc2n1CCCCOc1ccccc1C. The number of carbonyl (C=O) groups is 1. The number of ether oxygens (including phenoxy) is 1. The number of aromatic nitrogens is 2. The summed E-state index contributed by atoms with van der Waals surface area (Å²) in [6, 6.07) is 16.4. The van der Waals surface area contributed by atoms with Gasteiger partial charge in [-0.2, -0.15) is 0 Å². The molecule has 0 aliphatic rings. The second-order valence-corrected chi connectivity index (χ2v) is 8.04. The zero-order valence-electron chi connectivity index (χ0n) is 19.1. The van der Waals surface area contributed by atoms with Gasteiger partial charge in [0.1, 0.15) is 11.6 Å². The molecule has 1 amide bonds. The normalized spacial score (nSPS) is 11.2. The van der Waals surface area contributed by atoms with E-state index in [1.165, 1.54) is 5.56 Å². The van der Waals surface area contributed by atoms with E-state index < -0.39 is 0 Å². The molecule has 3 rings (SSSR count). The van der Waals surface area contributed by atoms with Crippen LogP contribution in [0.3, 0.4) is 0 Å². The molecule has 0 radical (unpaired) electrons. The van der Waals surface area contributed by atoms with Crippen molar-refractivity contribution in [3.8, 4) is 5.75 Å². The number of amides is 1. The van der Waals surface area contributed by atoms with Crippen molar-refractivity contribution in [3.05, 3.63) is 59.9 Å². The second kappa shape index (κ2) is 11.5. The molecule has 31 heavy (non-hydrogen) atoms. The van der Waals surface area contributed by atoms with E-state index in [1.54, 1.807) is 0 Å². The molecule has 1 aromatic heterocycles. The van der Waals surface area contributed by atoms with Crippen LogP contribution in [0.5, 0.6) is 5.75 Å². The van der Waals surface area contributed by atoms with Crippen molar-refractivity contribution in [1.82, 2.24) is 14.9 Å². The Kier molecular flexibility index (Phi) is 8.51. The van der Waals surface area contributed by atoms with Gasteiger partial charge >= 0.3 is 0 Å². The Bertz CT molecular complexity index is 976. The van der Waals surface area contributed by atoms with E-state index in [1.807, 2.05) is 24.3 Å². The van der Waals surface area contributed by atoms with Crippen molar-refractivity contribution in [2.75, 3.05) is 13.2 Å². The number of benzene rings is 2. The topological polar surface area (TPSA) is 56.2 Å². The van der Waals surface area contributed by atoms with Gasteiger partial charge in [0.15, 0.2) is 0 Å². The number of carbonyl (C=O) groups excluding carboxylic acids is 1. The van der Waals surface area contributed by atoms with E-state index in [2.05, 4.69) is 54.9 Å². The quantitative estimate of drug-likeness (QED) is 0.404. The Hall–Kier alpha value is -2.82. The molecule has 166 valence electrons. The molecule has 0 aliphatic heterocycles. The standard InChI is InChI=1S/C26H35N3O2/c1-4-21(5-2)26(30)27-17-16-25-28-22-13-7-8-14-23(22)29(25)18-10-11-19-31-24-15-9-6-12-20(24)3/h6-9,12-15,21H,4-5,10-11,16-19H2,1-3H3,(H,27,30). The number of hydrogen-bond donors (Lipinski definition) is 1. The first-order valence-electron chi connectivity index (χ1n) is 11.5. The van der Waals surface area contributed by atoms with E-state index in [9.17, 15) is 4.79 Å². The lowest BCUT2D eigenvalue weighted by molar-refractivity contribution is -0.125. The van der Waals surface area contributed by atoms with Gasteiger partial charge in [0.05, 0.1) is 17.6 Å². The number of nitrogens with one attached hydrogen (secondary N) is 1. The lowest BCUT2D eigenvalue weighted by Crippen LogP contribution is -2.32. The summed E-state index contributed by atoms with van der Waals surface area (Å²) in [6.07, 6.45) is 4.49. The molecule has 1 N–H and O–H groups in total. The van der Waals surface area contributed by atoms with Gasteiger partial charge in [0.2, 0.25) is 5.91 Å². The Balaban J connectivity index is 1.56. The molecule has 0 saturated heterocycles. The van der Waals surface area contributed by atoms with Gasteiger partial charge in [-0.25, -0.2) is 4.98 Å². The number of aryl methyl sites for hydroxylation is 2. The monoisotopic (exact) mass is 421 g/mol. The minimum absolute atomic E-state index is 0.104. The number of hydrogen-bond acceptors (Lipinski definition) is 3. The fourth-order valence-electron chi connectivity index (χ4n) is 3.94. The van der Waals surface area contributed by atoms with E-state index in [0.29, 0.717) is 13.2 Å². The fourth-order valence-corrected chi connectivity index (χ4v) is 3.94. The number of nitrogens with zero attached hydrogens (tertiary/aromatic N) is 2. The van der Waals surface area contributed by atoms with Crippen LogP contribution in [0.15, 0.2) is 48.5 Å². The van der Waals surface area contributed by atoms with Crippen molar-refractivity contribution in [3.63, 3.8) is 0 Å². The summed E-state index contributed by atoms with van der Waals surface area (Å²) in [5, 5.41) is 3.09. The highest BCUT2D eigenvalue weighted by Crippen LogP contribution is 2.19. The largest absolute Gasteiger partial charge is 0.493 e. The third-order valence-corrected chi connectivity index (χ3v) is 5.87. The van der Waals surface area contributed by atoms with Crippen molar-refractivity contribution >= 4 is 16.9 Å². The predicted octanol–water partition coefficient (Wildman–Crippen LogP) is 5.30. The van der Waals surface area contributed by atoms with Crippen molar-refractivity contribution in [2.24, 2.45) is 5.92 Å². The van der Waals surface area contributed by atoms with Crippen LogP contribution in [-0.2, 0) is 17.8 Å². The molecular formula is C26H35N3O2. The van der Waals surface area contributed by atoms with Gasteiger partial charge in [0, 0.05) is 25.4 Å². The van der Waals surface area contributed by atoms with Crippen LogP contribution in [0.4, 0.5) is 0 Å². The van der Waals surface area contributed by atoms with E-state index in [0.717, 1.165) is 61.3 Å². The molecular weight excluding hydrogens is 386 g/mol. The minimum atomic E-state index is 0.104. The molecule has 0 saturated carbocycles. The predicted molar refractivity (Wildman–Crippen MR) is 126 cm³/mol. The number of para-hydroxylation sites is 3. The molecule has 3 aromatic rings. The Morgan fingerprint density at radius 3 is 2.58 bits per heavy atom. The third-order valence-electron chi connectivity index (χ3n) is 5.87. The van der Waals surface area contributed by atoms with Crippen LogP contribution in [0.2, 0.25) is 0 Å². The molecule has 0 aliphatic carbocycles. The summed E-state index contributed by atoms with van der Waals surface area (Å²) in [7, 11) is 0. The van der Waals surface area contributed by atoms with Gasteiger partial charge in [-0.3, -0.25) is 4.79 Å². The van der Waals surface area contributed by atoms with Gasteiger partial charge < -0.3 is 14.6 Å². The molecule has 0 bridgehead atoms. The molecule has 1 heterocycles. The highest BCUT2D eigenvalue weighted by Gasteiger charge is 2.15. The summed E-state index contributed by atoms with van der Waals surface area (Å²) in [4.78, 5) is 17.1. The number of imidazole rings is 1. The van der Waals surface area contributed by atoms with Crippen LogP contribution in [0, 0.1) is 12.8 Å². The zero-order valence-corrected chi connectivity index (χ0v) is 19.1. The van der Waals surface area contributed by atoms with Gasteiger partial charge in [-0.15, -0.1) is 0 Å². The summed E-state index contributed by atoms with van der Waals surface area (Å²) in [6.45, 7) is 8.42. The Morgan fingerprint density at radius 1 is 1.06 bits per heavy atom. The first kappa shape index (κ1) is 22.9. The highest BCUT2D eigenvalue weighted by molar-refractivity contribution is 5.78. The minimum Gasteiger partial charge on any atom is -0.493 e. The first-order valence-corrected chi connectivity index (χ1v) is 11.5. The number of unbranched alkanes of at least 4 members (excludes halogenated alkanes) is 1. The molecule has 0 atom stereocenters. The van der Waals surface area contributed by atoms with Crippen molar-refractivity contribution in [1.29, 1.82) is 0 Å². The number of rotatable bonds is 12. The summed E-state index contributed by atoms with van der Waals surface area (Å²) in [5.74, 6) is 2.25. The van der Waals surface area contributed by atoms with Crippen LogP contribution >= 0.6 is 0 Å². The maximum atomic E-state index is 12.3. The molecule has 5 heteroatoms. The maximum absolute atomic E-state index is 12.3. The van der Waals surface area contributed by atoms with Gasteiger partial charge in [-0.1, -0.05) is 44.2 Å². The van der Waals surface area contributed by atoms with Crippen LogP contribution < -0.4 is 10.1 Å². The fraction of sp³-hybridized carbons (Fsp3) is 0.462. The van der Waals surface area contributed by atoms with Crippen molar-refractivity contribution in [2.45, 2.75) is 59.4 Å². The summed E-state index contributed by atoms with van der Waals surface area (Å²) < 4.78 is 8.23. The number of fused-ring (bicyclic) bond motifs is 1. The molecule has 2 aromatic carbocycles. The van der Waals surface area contributed by atoms with Crippen molar-refractivity contribution < 1.29 is 9.53 Å². The highest BCUT2D eigenvalue weighted by atomic mass is 16.5. The lowest BCUT2D eigenvalue weighted by atomic mass is 10.0. The molecule has 0 unspecified atom stereocenters. The maximum Gasteiger partial charge on any atom is 0.223 e. The summed E-state index contributed by atoms with van der Waals surface area (Å²) >= 11 is 0.